The highest BCUT2D eigenvalue weighted by molar-refractivity contribution is 7.81. The number of hydrogen-bond donors (Lipinski definition) is 5. The summed E-state index contributed by atoms with van der Waals surface area (Å²) in [5.74, 6) is 5.81. The van der Waals surface area contributed by atoms with Crippen LogP contribution in [-0.4, -0.2) is 27.2 Å². The minimum absolute atomic E-state index is 0.124. The van der Waals surface area contributed by atoms with E-state index < -0.39 is 5.50 Å². The van der Waals surface area contributed by atoms with Gasteiger partial charge in [0.2, 0.25) is 5.91 Å². The number of nitrogens with two attached hydrogens (primary N) is 1. The fourth-order valence-corrected chi connectivity index (χ4v) is 4.49. The Labute approximate surface area is 195 Å². The Bertz CT molecular complexity index is 1190. The van der Waals surface area contributed by atoms with E-state index in [4.69, 9.17) is 5.84 Å². The molecule has 0 fully saturated rings. The van der Waals surface area contributed by atoms with Gasteiger partial charge in [-0.3, -0.25) is 20.2 Å². The lowest BCUT2D eigenvalue weighted by atomic mass is 10.0. The van der Waals surface area contributed by atoms with Gasteiger partial charge in [-0.15, -0.1) is 24.0 Å². The van der Waals surface area contributed by atoms with Crippen molar-refractivity contribution in [1.29, 1.82) is 0 Å². The zero-order valence-electron chi connectivity index (χ0n) is 17.9. The number of thiophene rings is 1. The van der Waals surface area contributed by atoms with Crippen LogP contribution >= 0.6 is 24.0 Å². The molecule has 0 aliphatic rings. The Kier molecular flexibility index (Phi) is 7.52. The fourth-order valence-electron chi connectivity index (χ4n) is 3.11. The summed E-state index contributed by atoms with van der Waals surface area (Å²) in [4.78, 5) is 40.3. The Morgan fingerprint density at radius 1 is 1.22 bits per heavy atom. The zero-order valence-corrected chi connectivity index (χ0v) is 19.6. The number of rotatable bonds is 8. The van der Waals surface area contributed by atoms with Crippen molar-refractivity contribution in [2.24, 2.45) is 5.84 Å². The van der Waals surface area contributed by atoms with Crippen LogP contribution in [0.4, 0.5) is 10.7 Å². The molecule has 3 rings (SSSR count). The minimum atomic E-state index is -0.638. The predicted molar refractivity (Wildman–Crippen MR) is 131 cm³/mol. The number of nitrogens with one attached hydrogen (secondary N) is 3. The third-order valence-electron chi connectivity index (χ3n) is 4.91. The third kappa shape index (κ3) is 5.46. The number of aromatic amines is 1. The molecule has 32 heavy (non-hydrogen) atoms. The number of aryl methyl sites for hydroxylation is 1. The number of anilines is 2. The number of H-pyrrole nitrogens is 1. The summed E-state index contributed by atoms with van der Waals surface area (Å²) in [5.41, 5.74) is 2.28. The van der Waals surface area contributed by atoms with Crippen molar-refractivity contribution >= 4 is 46.3 Å². The lowest BCUT2D eigenvalue weighted by Gasteiger charge is -2.24. The van der Waals surface area contributed by atoms with Crippen molar-refractivity contribution in [1.82, 2.24) is 9.99 Å². The molecule has 1 atom stereocenters. The lowest BCUT2D eigenvalue weighted by Crippen LogP contribution is -2.42. The number of ketones is 1. The van der Waals surface area contributed by atoms with Gasteiger partial charge in [0.1, 0.15) is 10.5 Å². The molecule has 0 aliphatic heterocycles. The van der Waals surface area contributed by atoms with Gasteiger partial charge in [0.25, 0.3) is 0 Å². The number of pyridine rings is 1. The first-order valence-corrected chi connectivity index (χ1v) is 11.1. The van der Waals surface area contributed by atoms with Crippen LogP contribution in [0.3, 0.4) is 0 Å². The van der Waals surface area contributed by atoms with Crippen molar-refractivity contribution < 1.29 is 9.59 Å². The van der Waals surface area contributed by atoms with Gasteiger partial charge in [-0.1, -0.05) is 0 Å². The molecule has 8 nitrogen and oxygen atoms in total. The average Bonchev–Trinajstić information content (AvgIpc) is 3.02. The largest absolute Gasteiger partial charge is 0.367 e. The number of amides is 1. The molecule has 1 unspecified atom stereocenters. The van der Waals surface area contributed by atoms with Gasteiger partial charge in [0.05, 0.1) is 5.56 Å². The molecule has 0 saturated carbocycles. The summed E-state index contributed by atoms with van der Waals surface area (Å²) in [6, 6.07) is 8.18. The van der Waals surface area contributed by atoms with E-state index in [1.165, 1.54) is 29.3 Å². The van der Waals surface area contributed by atoms with Crippen LogP contribution in [0.2, 0.25) is 0 Å². The van der Waals surface area contributed by atoms with Gasteiger partial charge < -0.3 is 15.6 Å². The van der Waals surface area contributed by atoms with Crippen LogP contribution in [0.1, 0.15) is 38.8 Å². The molecule has 168 valence electrons. The first-order valence-electron chi connectivity index (χ1n) is 9.81. The highest BCUT2D eigenvalue weighted by Crippen LogP contribution is 2.35. The molecule has 0 bridgehead atoms. The second-order valence-electron chi connectivity index (χ2n) is 7.30. The molecule has 0 saturated heterocycles. The third-order valence-corrected chi connectivity index (χ3v) is 6.48. The van der Waals surface area contributed by atoms with Crippen molar-refractivity contribution in [2.45, 2.75) is 32.8 Å². The van der Waals surface area contributed by atoms with Crippen molar-refractivity contribution in [2.75, 3.05) is 10.6 Å². The van der Waals surface area contributed by atoms with E-state index in [1.807, 2.05) is 13.8 Å². The molecular formula is C22H25N5O3S2. The number of aromatic nitrogens is 1. The van der Waals surface area contributed by atoms with Crippen molar-refractivity contribution in [3.8, 4) is 0 Å². The molecular weight excluding hydrogens is 446 g/mol. The molecule has 0 aliphatic carbocycles. The maximum absolute atomic E-state index is 13.3. The summed E-state index contributed by atoms with van der Waals surface area (Å²) in [6.45, 7) is 5.44. The Morgan fingerprint density at radius 3 is 2.53 bits per heavy atom. The zero-order chi connectivity index (χ0) is 23.4. The number of carbonyl (C=O) groups excluding carboxylic acids is 2. The molecule has 2 aromatic heterocycles. The second kappa shape index (κ2) is 10.1. The maximum atomic E-state index is 13.3. The topological polar surface area (TPSA) is 120 Å². The maximum Gasteiger partial charge on any atom is 0.221 e. The molecule has 3 aromatic rings. The summed E-state index contributed by atoms with van der Waals surface area (Å²) in [7, 11) is 0. The summed E-state index contributed by atoms with van der Waals surface area (Å²) < 4.78 is 0. The van der Waals surface area contributed by atoms with Gasteiger partial charge in [-0.05, 0) is 43.7 Å². The fraction of sp³-hybridized carbons (Fsp3) is 0.227. The van der Waals surface area contributed by atoms with Crippen molar-refractivity contribution in [3.63, 3.8) is 0 Å². The van der Waals surface area contributed by atoms with Gasteiger partial charge in [-0.2, -0.15) is 0 Å². The van der Waals surface area contributed by atoms with Crippen LogP contribution in [0.25, 0.3) is 0 Å². The van der Waals surface area contributed by atoms with E-state index in [0.29, 0.717) is 27.4 Å². The second-order valence-corrected chi connectivity index (χ2v) is 9.01. The van der Waals surface area contributed by atoms with Gasteiger partial charge >= 0.3 is 0 Å². The number of benzene rings is 1. The predicted octanol–water partition coefficient (Wildman–Crippen LogP) is 3.24. The van der Waals surface area contributed by atoms with Gasteiger partial charge in [0.15, 0.2) is 11.2 Å². The van der Waals surface area contributed by atoms with E-state index in [0.717, 1.165) is 10.4 Å². The summed E-state index contributed by atoms with van der Waals surface area (Å²) in [5, 5.41) is 7.91. The molecule has 0 radical (unpaired) electrons. The molecule has 10 heteroatoms. The van der Waals surface area contributed by atoms with E-state index in [-0.39, 0.29) is 23.7 Å². The van der Waals surface area contributed by atoms with Gasteiger partial charge in [-0.25, -0.2) is 5.01 Å². The smallest absolute Gasteiger partial charge is 0.221 e. The number of nitrogens with zero attached hydrogens (tertiary/aromatic N) is 1. The van der Waals surface area contributed by atoms with E-state index in [1.54, 1.807) is 36.7 Å². The summed E-state index contributed by atoms with van der Waals surface area (Å²) in [6.07, 6.45) is 3.16. The molecule has 1 aromatic carbocycles. The standard InChI is InChI=1S/C22H25N5O3S2/c1-12-13(2)32-21(26-22(31)27(23)11-16-10-24-9-8-18(16)29)19(12)20(30)15-4-6-17(7-5-15)25-14(3)28/h4-10,22,26,31H,11,23H2,1-3H3,(H,24,29)(H,25,28). The number of carbonyl (C=O) groups is 2. The van der Waals surface area contributed by atoms with Gasteiger partial charge in [0, 0.05) is 53.6 Å². The molecule has 0 spiro atoms. The van der Waals surface area contributed by atoms with E-state index in [2.05, 4.69) is 28.2 Å². The Morgan fingerprint density at radius 2 is 1.91 bits per heavy atom. The lowest BCUT2D eigenvalue weighted by molar-refractivity contribution is -0.114. The molecule has 1 amide bonds. The first kappa shape index (κ1) is 23.7. The number of thiol groups is 1. The quantitative estimate of drug-likeness (QED) is 0.113. The minimum Gasteiger partial charge on any atom is -0.367 e. The Hall–Kier alpha value is -2.92. The van der Waals surface area contributed by atoms with Crippen LogP contribution in [0.5, 0.6) is 0 Å². The Balaban J connectivity index is 1.81. The monoisotopic (exact) mass is 471 g/mol. The van der Waals surface area contributed by atoms with E-state index in [9.17, 15) is 14.4 Å². The number of hydrogen-bond acceptors (Lipinski definition) is 8. The molecule has 2 heterocycles. The van der Waals surface area contributed by atoms with Crippen LogP contribution in [0.15, 0.2) is 47.5 Å². The SMILES string of the molecule is CC(=O)Nc1ccc(C(=O)c2c(NC(S)N(N)Cc3c[nH]ccc3=O)sc(C)c2C)cc1. The van der Waals surface area contributed by atoms with Crippen molar-refractivity contribution in [3.05, 3.63) is 80.1 Å². The van der Waals surface area contributed by atoms with Crippen LogP contribution in [0, 0.1) is 13.8 Å². The summed E-state index contributed by atoms with van der Waals surface area (Å²) >= 11 is 5.97. The van der Waals surface area contributed by atoms with Crippen LogP contribution in [-0.2, 0) is 11.3 Å². The highest BCUT2D eigenvalue weighted by Gasteiger charge is 2.23. The average molecular weight is 472 g/mol. The highest BCUT2D eigenvalue weighted by atomic mass is 32.1. The normalized spacial score (nSPS) is 11.9. The van der Waals surface area contributed by atoms with E-state index >= 15 is 0 Å². The first-order chi connectivity index (χ1) is 15.2. The van der Waals surface area contributed by atoms with Crippen LogP contribution < -0.4 is 21.9 Å². The number of hydrazine groups is 1. The molecule has 5 N–H and O–H groups in total.